The number of ether oxygens (including phenoxy) is 3. The number of rotatable bonds is 5. The Balaban J connectivity index is 1.25. The molecule has 4 aromatic rings. The fraction of sp³-hybridized carbons (Fsp3) is 0.0417. The molecule has 164 valence electrons. The average molecular weight is 479 g/mol. The molecule has 3 aromatic carbocycles. The highest BCUT2D eigenvalue weighted by Gasteiger charge is 2.18. The highest BCUT2D eigenvalue weighted by atomic mass is 35.5. The van der Waals surface area contributed by atoms with Crippen molar-refractivity contribution in [1.82, 2.24) is 5.43 Å². The van der Waals surface area contributed by atoms with Gasteiger partial charge in [0.05, 0.1) is 16.8 Å². The van der Waals surface area contributed by atoms with Gasteiger partial charge in [-0.15, -0.1) is 11.3 Å². The maximum Gasteiger partial charge on any atom is 0.343 e. The molecule has 1 amide bonds. The lowest BCUT2D eigenvalue weighted by Gasteiger charge is -2.06. The molecular formula is C24H15ClN2O5S. The van der Waals surface area contributed by atoms with Crippen LogP contribution in [0.15, 0.2) is 71.8 Å². The van der Waals surface area contributed by atoms with E-state index >= 15 is 0 Å². The van der Waals surface area contributed by atoms with Gasteiger partial charge < -0.3 is 14.2 Å². The zero-order chi connectivity index (χ0) is 22.8. The number of hydrazone groups is 1. The third-order valence-electron chi connectivity index (χ3n) is 4.80. The summed E-state index contributed by atoms with van der Waals surface area (Å²) in [4.78, 5) is 25.3. The van der Waals surface area contributed by atoms with Gasteiger partial charge in [-0.3, -0.25) is 4.79 Å². The largest absolute Gasteiger partial charge is 0.454 e. The second kappa shape index (κ2) is 8.93. The van der Waals surface area contributed by atoms with E-state index in [9.17, 15) is 9.59 Å². The Morgan fingerprint density at radius 1 is 1.03 bits per heavy atom. The summed E-state index contributed by atoms with van der Waals surface area (Å²) in [5.41, 5.74) is 3.45. The highest BCUT2D eigenvalue weighted by Crippen LogP contribution is 2.35. The summed E-state index contributed by atoms with van der Waals surface area (Å²) in [5, 5.41) is 5.23. The summed E-state index contributed by atoms with van der Waals surface area (Å²) in [7, 11) is 0. The van der Waals surface area contributed by atoms with E-state index in [1.165, 1.54) is 17.6 Å². The third-order valence-corrected chi connectivity index (χ3v) is 6.47. The Kier molecular flexibility index (Phi) is 5.68. The van der Waals surface area contributed by atoms with E-state index in [0.717, 1.165) is 10.1 Å². The van der Waals surface area contributed by atoms with Gasteiger partial charge in [-0.25, -0.2) is 10.2 Å². The molecule has 5 rings (SSSR count). The number of benzene rings is 3. The molecule has 1 N–H and O–H groups in total. The molecule has 0 unspecified atom stereocenters. The molecule has 2 heterocycles. The van der Waals surface area contributed by atoms with Crippen LogP contribution >= 0.6 is 22.9 Å². The number of carbonyl (C=O) groups excluding carboxylic acids is 2. The Morgan fingerprint density at radius 2 is 1.88 bits per heavy atom. The van der Waals surface area contributed by atoms with Crippen LogP contribution in [0.25, 0.3) is 10.1 Å². The smallest absolute Gasteiger partial charge is 0.343 e. The first-order chi connectivity index (χ1) is 16.1. The van der Waals surface area contributed by atoms with E-state index in [2.05, 4.69) is 10.5 Å². The van der Waals surface area contributed by atoms with Gasteiger partial charge in [-0.05, 0) is 42.0 Å². The maximum atomic E-state index is 12.5. The van der Waals surface area contributed by atoms with Crippen molar-refractivity contribution in [3.05, 3.63) is 87.8 Å². The SMILES string of the molecule is O=C(Oc1cccc(C=NNC(=O)c2sc3ccccc3c2Cl)c1)c1ccc2c(c1)OCO2. The Labute approximate surface area is 197 Å². The monoisotopic (exact) mass is 478 g/mol. The summed E-state index contributed by atoms with van der Waals surface area (Å²) in [6.45, 7) is 0.126. The second-order valence-electron chi connectivity index (χ2n) is 6.97. The van der Waals surface area contributed by atoms with Crippen LogP contribution in [0.3, 0.4) is 0 Å². The van der Waals surface area contributed by atoms with Crippen LogP contribution in [-0.4, -0.2) is 24.9 Å². The van der Waals surface area contributed by atoms with E-state index < -0.39 is 11.9 Å². The van der Waals surface area contributed by atoms with E-state index in [1.54, 1.807) is 42.5 Å². The zero-order valence-electron chi connectivity index (χ0n) is 16.9. The maximum absolute atomic E-state index is 12.5. The quantitative estimate of drug-likeness (QED) is 0.183. The van der Waals surface area contributed by atoms with E-state index in [1.807, 2.05) is 24.3 Å². The van der Waals surface area contributed by atoms with Crippen LogP contribution in [0.2, 0.25) is 5.02 Å². The van der Waals surface area contributed by atoms with E-state index in [-0.39, 0.29) is 6.79 Å². The van der Waals surface area contributed by atoms with Crippen LogP contribution < -0.4 is 19.6 Å². The molecule has 0 saturated carbocycles. The minimum atomic E-state index is -0.532. The minimum Gasteiger partial charge on any atom is -0.454 e. The molecule has 0 radical (unpaired) electrons. The summed E-state index contributed by atoms with van der Waals surface area (Å²) in [6, 6.07) is 19.1. The van der Waals surface area contributed by atoms with E-state index in [0.29, 0.717) is 38.3 Å². The van der Waals surface area contributed by atoms with Gasteiger partial charge in [-0.2, -0.15) is 5.10 Å². The molecule has 0 bridgehead atoms. The van der Waals surface area contributed by atoms with E-state index in [4.69, 9.17) is 25.8 Å². The number of hydrogen-bond donors (Lipinski definition) is 1. The third kappa shape index (κ3) is 4.39. The van der Waals surface area contributed by atoms with Crippen molar-refractivity contribution >= 4 is 51.1 Å². The molecule has 0 spiro atoms. The molecule has 7 nitrogen and oxygen atoms in total. The van der Waals surface area contributed by atoms with Crippen LogP contribution in [0, 0.1) is 0 Å². The lowest BCUT2D eigenvalue weighted by molar-refractivity contribution is 0.0734. The van der Waals surface area contributed by atoms with Crippen LogP contribution in [0.5, 0.6) is 17.2 Å². The standard InChI is InChI=1S/C24H15ClN2O5S/c25-21-17-6-1-2-7-20(17)33-22(21)23(28)27-26-12-14-4-3-5-16(10-14)32-24(29)15-8-9-18-19(11-15)31-13-30-18/h1-12H,13H2,(H,27,28). The van der Waals surface area contributed by atoms with Gasteiger partial charge in [0, 0.05) is 10.1 Å². The van der Waals surface area contributed by atoms with Crippen molar-refractivity contribution in [3.8, 4) is 17.2 Å². The summed E-state index contributed by atoms with van der Waals surface area (Å²) >= 11 is 7.63. The lowest BCUT2D eigenvalue weighted by atomic mass is 10.2. The Morgan fingerprint density at radius 3 is 2.76 bits per heavy atom. The van der Waals surface area contributed by atoms with Crippen molar-refractivity contribution < 1.29 is 23.8 Å². The number of thiophene rings is 1. The number of fused-ring (bicyclic) bond motifs is 2. The summed E-state index contributed by atoms with van der Waals surface area (Å²) < 4.78 is 16.9. The molecule has 0 fully saturated rings. The highest BCUT2D eigenvalue weighted by molar-refractivity contribution is 7.21. The topological polar surface area (TPSA) is 86.2 Å². The van der Waals surface area contributed by atoms with Crippen molar-refractivity contribution in [1.29, 1.82) is 0 Å². The molecule has 1 aromatic heterocycles. The molecular weight excluding hydrogens is 464 g/mol. The number of nitrogens with one attached hydrogen (secondary N) is 1. The number of esters is 1. The van der Waals surface area contributed by atoms with Crippen molar-refractivity contribution in [2.75, 3.05) is 6.79 Å². The Hall–Kier alpha value is -3.88. The molecule has 0 aliphatic carbocycles. The number of nitrogens with zero attached hydrogens (tertiary/aromatic N) is 1. The van der Waals surface area contributed by atoms with Crippen molar-refractivity contribution in [2.45, 2.75) is 0 Å². The van der Waals surface area contributed by atoms with Gasteiger partial charge in [-0.1, -0.05) is 41.9 Å². The Bertz CT molecular complexity index is 1420. The summed E-state index contributed by atoms with van der Waals surface area (Å²) in [5.74, 6) is 0.488. The zero-order valence-corrected chi connectivity index (χ0v) is 18.5. The molecule has 1 aliphatic rings. The van der Waals surface area contributed by atoms with Crippen LogP contribution in [0.4, 0.5) is 0 Å². The van der Waals surface area contributed by atoms with Gasteiger partial charge >= 0.3 is 5.97 Å². The first kappa shape index (κ1) is 21.0. The molecule has 9 heteroatoms. The number of amides is 1. The first-order valence-corrected chi connectivity index (χ1v) is 11.0. The van der Waals surface area contributed by atoms with Crippen LogP contribution in [0.1, 0.15) is 25.6 Å². The summed E-state index contributed by atoms with van der Waals surface area (Å²) in [6.07, 6.45) is 1.46. The van der Waals surface area contributed by atoms with Crippen molar-refractivity contribution in [3.63, 3.8) is 0 Å². The van der Waals surface area contributed by atoms with Crippen molar-refractivity contribution in [2.24, 2.45) is 5.10 Å². The predicted molar refractivity (Wildman–Crippen MR) is 126 cm³/mol. The second-order valence-corrected chi connectivity index (χ2v) is 8.40. The van der Waals surface area contributed by atoms with Gasteiger partial charge in [0.2, 0.25) is 6.79 Å². The fourth-order valence-corrected chi connectivity index (χ4v) is 4.63. The molecule has 0 saturated heterocycles. The van der Waals surface area contributed by atoms with Gasteiger partial charge in [0.1, 0.15) is 10.6 Å². The molecule has 1 aliphatic heterocycles. The van der Waals surface area contributed by atoms with Crippen LogP contribution in [-0.2, 0) is 0 Å². The first-order valence-electron chi connectivity index (χ1n) is 9.81. The lowest BCUT2D eigenvalue weighted by Crippen LogP contribution is -2.16. The number of hydrogen-bond acceptors (Lipinski definition) is 7. The average Bonchev–Trinajstić information content (AvgIpc) is 3.43. The van der Waals surface area contributed by atoms with Gasteiger partial charge in [0.15, 0.2) is 11.5 Å². The minimum absolute atomic E-state index is 0.126. The number of carbonyl (C=O) groups is 2. The van der Waals surface area contributed by atoms with Gasteiger partial charge in [0.25, 0.3) is 5.91 Å². The fourth-order valence-electron chi connectivity index (χ4n) is 3.22. The number of halogens is 1. The molecule has 0 atom stereocenters. The predicted octanol–water partition coefficient (Wildman–Crippen LogP) is 5.27. The molecule has 33 heavy (non-hydrogen) atoms. The normalized spacial score (nSPS) is 12.3.